The number of rotatable bonds is 7. The number of hydrogen-bond donors (Lipinski definition) is 1. The molecule has 0 fully saturated rings. The molecule has 138 valence electrons. The van der Waals surface area contributed by atoms with Crippen molar-refractivity contribution < 1.29 is 13.9 Å². The second kappa shape index (κ2) is 9.05. The molecule has 2 aromatic carbocycles. The first-order valence-corrected chi connectivity index (χ1v) is 9.27. The normalized spacial score (nSPS) is 10.9. The predicted octanol–water partition coefficient (Wildman–Crippen LogP) is 4.04. The number of nitrogens with one attached hydrogen (secondary N) is 1. The standard InChI is InChI=1S/C20H18FN3O2S/c1-2-26-18-6-4-3-5-15(18)12-22-24-19(25)11-17-13-27-20(23-17)14-7-9-16(21)10-8-14/h3-10,12-13H,2,11H2,1H3,(H,24,25)/b22-12-. The van der Waals surface area contributed by atoms with Crippen molar-refractivity contribution in [2.45, 2.75) is 13.3 Å². The second-order valence-electron chi connectivity index (χ2n) is 5.59. The van der Waals surface area contributed by atoms with E-state index in [4.69, 9.17) is 4.74 Å². The van der Waals surface area contributed by atoms with E-state index < -0.39 is 0 Å². The van der Waals surface area contributed by atoms with Crippen molar-refractivity contribution in [3.05, 3.63) is 71.0 Å². The SMILES string of the molecule is CCOc1ccccc1/C=N\NC(=O)Cc1csc(-c2ccc(F)cc2)n1. The highest BCUT2D eigenvalue weighted by Gasteiger charge is 2.09. The Morgan fingerprint density at radius 1 is 1.26 bits per heavy atom. The van der Waals surface area contributed by atoms with Crippen molar-refractivity contribution in [2.75, 3.05) is 6.61 Å². The van der Waals surface area contributed by atoms with Crippen LogP contribution in [0, 0.1) is 5.82 Å². The molecule has 1 heterocycles. The van der Waals surface area contributed by atoms with E-state index in [-0.39, 0.29) is 18.1 Å². The highest BCUT2D eigenvalue weighted by Crippen LogP contribution is 2.24. The second-order valence-corrected chi connectivity index (χ2v) is 6.45. The Bertz CT molecular complexity index is 938. The molecule has 5 nitrogen and oxygen atoms in total. The van der Waals surface area contributed by atoms with E-state index in [0.717, 1.165) is 16.1 Å². The van der Waals surface area contributed by atoms with Crippen molar-refractivity contribution in [3.8, 4) is 16.3 Å². The van der Waals surface area contributed by atoms with Crippen LogP contribution in [0.3, 0.4) is 0 Å². The Morgan fingerprint density at radius 2 is 2.04 bits per heavy atom. The van der Waals surface area contributed by atoms with E-state index in [1.165, 1.54) is 23.5 Å². The van der Waals surface area contributed by atoms with E-state index >= 15 is 0 Å². The van der Waals surface area contributed by atoms with Gasteiger partial charge in [-0.2, -0.15) is 5.10 Å². The predicted molar refractivity (Wildman–Crippen MR) is 105 cm³/mol. The van der Waals surface area contributed by atoms with Gasteiger partial charge in [-0.25, -0.2) is 14.8 Å². The average Bonchev–Trinajstić information content (AvgIpc) is 3.12. The average molecular weight is 383 g/mol. The molecule has 1 aromatic heterocycles. The summed E-state index contributed by atoms with van der Waals surface area (Å²) in [6, 6.07) is 13.6. The third-order valence-corrected chi connectivity index (χ3v) is 4.54. The monoisotopic (exact) mass is 383 g/mol. The maximum absolute atomic E-state index is 13.0. The molecule has 0 atom stereocenters. The summed E-state index contributed by atoms with van der Waals surface area (Å²) < 4.78 is 18.5. The lowest BCUT2D eigenvalue weighted by molar-refractivity contribution is -0.120. The molecule has 0 aliphatic carbocycles. The van der Waals surface area contributed by atoms with Gasteiger partial charge in [-0.3, -0.25) is 4.79 Å². The van der Waals surface area contributed by atoms with Gasteiger partial charge in [-0.15, -0.1) is 11.3 Å². The molecule has 3 rings (SSSR count). The molecule has 0 aliphatic heterocycles. The molecule has 0 bridgehead atoms. The van der Waals surface area contributed by atoms with Crippen molar-refractivity contribution >= 4 is 23.5 Å². The van der Waals surface area contributed by atoms with Gasteiger partial charge in [-0.1, -0.05) is 12.1 Å². The number of carbonyl (C=O) groups excluding carboxylic acids is 1. The van der Waals surface area contributed by atoms with Crippen LogP contribution in [-0.2, 0) is 11.2 Å². The van der Waals surface area contributed by atoms with Gasteiger partial charge in [0.25, 0.3) is 0 Å². The molecular formula is C20H18FN3O2S. The Balaban J connectivity index is 1.58. The third-order valence-electron chi connectivity index (χ3n) is 3.60. The van der Waals surface area contributed by atoms with Gasteiger partial charge in [0, 0.05) is 16.5 Å². The molecule has 3 aromatic rings. The summed E-state index contributed by atoms with van der Waals surface area (Å²) in [6.07, 6.45) is 1.66. The summed E-state index contributed by atoms with van der Waals surface area (Å²) in [7, 11) is 0. The van der Waals surface area contributed by atoms with Gasteiger partial charge in [0.2, 0.25) is 5.91 Å². The molecule has 0 unspecified atom stereocenters. The summed E-state index contributed by atoms with van der Waals surface area (Å²) in [4.78, 5) is 16.5. The highest BCUT2D eigenvalue weighted by molar-refractivity contribution is 7.13. The van der Waals surface area contributed by atoms with Crippen LogP contribution in [0.5, 0.6) is 5.75 Å². The van der Waals surface area contributed by atoms with Crippen LogP contribution < -0.4 is 10.2 Å². The Hall–Kier alpha value is -3.06. The lowest BCUT2D eigenvalue weighted by Gasteiger charge is -2.05. The number of carbonyl (C=O) groups is 1. The number of hydrazone groups is 1. The summed E-state index contributed by atoms with van der Waals surface area (Å²) in [5.74, 6) is 0.149. The largest absolute Gasteiger partial charge is 0.493 e. The Kier molecular flexibility index (Phi) is 6.27. The molecule has 0 saturated carbocycles. The first-order chi connectivity index (χ1) is 13.2. The van der Waals surface area contributed by atoms with Gasteiger partial charge in [-0.05, 0) is 43.3 Å². The number of hydrogen-bond acceptors (Lipinski definition) is 5. The fourth-order valence-corrected chi connectivity index (χ4v) is 3.19. The minimum absolute atomic E-state index is 0.113. The van der Waals surface area contributed by atoms with Crippen molar-refractivity contribution in [2.24, 2.45) is 5.10 Å². The minimum Gasteiger partial charge on any atom is -0.493 e. The van der Waals surface area contributed by atoms with Gasteiger partial charge in [0.05, 0.1) is 24.9 Å². The summed E-state index contributed by atoms with van der Waals surface area (Å²) in [5.41, 5.74) is 4.74. The van der Waals surface area contributed by atoms with E-state index in [1.54, 1.807) is 18.3 Å². The maximum Gasteiger partial charge on any atom is 0.246 e. The number of thiazole rings is 1. The molecular weight excluding hydrogens is 365 g/mol. The summed E-state index contributed by atoms with van der Waals surface area (Å²) >= 11 is 1.41. The van der Waals surface area contributed by atoms with Crippen molar-refractivity contribution in [1.29, 1.82) is 0 Å². The molecule has 1 amide bonds. The van der Waals surface area contributed by atoms with Crippen LogP contribution in [0.25, 0.3) is 10.6 Å². The summed E-state index contributed by atoms with van der Waals surface area (Å²) in [6.45, 7) is 2.46. The van der Waals surface area contributed by atoms with Crippen LogP contribution in [0.4, 0.5) is 4.39 Å². The Labute approximate surface area is 160 Å². The van der Waals surface area contributed by atoms with E-state index in [2.05, 4.69) is 15.5 Å². The molecule has 1 N–H and O–H groups in total. The van der Waals surface area contributed by atoms with Crippen molar-refractivity contribution in [3.63, 3.8) is 0 Å². The van der Waals surface area contributed by atoms with Gasteiger partial charge in [0.15, 0.2) is 0 Å². The molecule has 7 heteroatoms. The number of nitrogens with zero attached hydrogens (tertiary/aromatic N) is 2. The van der Waals surface area contributed by atoms with Crippen LogP contribution in [0.2, 0.25) is 0 Å². The van der Waals surface area contributed by atoms with E-state index in [1.807, 2.05) is 36.6 Å². The van der Waals surface area contributed by atoms with Gasteiger partial charge >= 0.3 is 0 Å². The topological polar surface area (TPSA) is 63.6 Å². The fourth-order valence-electron chi connectivity index (χ4n) is 2.37. The molecule has 0 saturated heterocycles. The molecule has 27 heavy (non-hydrogen) atoms. The summed E-state index contributed by atoms with van der Waals surface area (Å²) in [5, 5.41) is 6.54. The van der Waals surface area contributed by atoms with E-state index in [9.17, 15) is 9.18 Å². The number of ether oxygens (including phenoxy) is 1. The number of amides is 1. The number of para-hydroxylation sites is 1. The third kappa shape index (κ3) is 5.21. The zero-order chi connectivity index (χ0) is 19.1. The minimum atomic E-state index is -0.293. The van der Waals surface area contributed by atoms with Crippen molar-refractivity contribution in [1.82, 2.24) is 10.4 Å². The first kappa shape index (κ1) is 18.7. The van der Waals surface area contributed by atoms with Crippen LogP contribution >= 0.6 is 11.3 Å². The van der Waals surface area contributed by atoms with Crippen LogP contribution in [0.1, 0.15) is 18.2 Å². The molecule has 0 spiro atoms. The zero-order valence-corrected chi connectivity index (χ0v) is 15.5. The highest BCUT2D eigenvalue weighted by atomic mass is 32.1. The lowest BCUT2D eigenvalue weighted by atomic mass is 10.2. The quantitative estimate of drug-likeness (QED) is 0.495. The number of halogens is 1. The van der Waals surface area contributed by atoms with E-state index in [0.29, 0.717) is 18.1 Å². The first-order valence-electron chi connectivity index (χ1n) is 8.40. The number of aromatic nitrogens is 1. The van der Waals surface area contributed by atoms with Gasteiger partial charge in [0.1, 0.15) is 16.6 Å². The maximum atomic E-state index is 13.0. The molecule has 0 aliphatic rings. The number of benzene rings is 2. The Morgan fingerprint density at radius 3 is 2.81 bits per heavy atom. The van der Waals surface area contributed by atoms with Gasteiger partial charge < -0.3 is 4.74 Å². The fraction of sp³-hybridized carbons (Fsp3) is 0.150. The van der Waals surface area contributed by atoms with Crippen LogP contribution in [0.15, 0.2) is 59.0 Å². The zero-order valence-electron chi connectivity index (χ0n) is 14.7. The lowest BCUT2D eigenvalue weighted by Crippen LogP contribution is -2.20. The molecule has 0 radical (unpaired) electrons. The smallest absolute Gasteiger partial charge is 0.246 e. The van der Waals surface area contributed by atoms with Crippen LogP contribution in [-0.4, -0.2) is 23.7 Å².